The molecule has 0 aliphatic heterocycles. The molecule has 4 N–H and O–H groups in total. The number of carbonyl (C=O) groups is 1. The van der Waals surface area contributed by atoms with Gasteiger partial charge < -0.3 is 21.1 Å². The van der Waals surface area contributed by atoms with Gasteiger partial charge in [-0.25, -0.2) is 4.68 Å². The molecule has 3 aromatic rings. The highest BCUT2D eigenvalue weighted by Gasteiger charge is 2.08. The van der Waals surface area contributed by atoms with Crippen molar-refractivity contribution < 1.29 is 9.53 Å². The van der Waals surface area contributed by atoms with E-state index in [-0.39, 0.29) is 24.4 Å². The molecule has 1 amide bonds. The summed E-state index contributed by atoms with van der Waals surface area (Å²) in [7, 11) is 0. The van der Waals surface area contributed by atoms with Gasteiger partial charge in [-0.3, -0.25) is 9.59 Å². The minimum absolute atomic E-state index is 0.150. The van der Waals surface area contributed by atoms with Crippen molar-refractivity contribution in [1.82, 2.24) is 9.78 Å². The van der Waals surface area contributed by atoms with E-state index in [0.717, 1.165) is 16.8 Å². The van der Waals surface area contributed by atoms with Crippen LogP contribution in [0.3, 0.4) is 0 Å². The number of ether oxygens (including phenoxy) is 1. The number of nitrogens with two attached hydrogens (primary N) is 1. The normalized spacial score (nSPS) is 10.4. The standard InChI is InChI=1S/C24H27N5O3/c1-3-32-17(2)26-20-8-4-6-18(14-20)16-29-24(31)11-10-22(28-29)19-7-5-9-21(15-19)27-23(30)12-13-25/h4-11,14-15,26H,2-3,12-13,16,25H2,1H3,(H,27,30). The second-order valence-electron chi connectivity index (χ2n) is 7.06. The molecule has 0 aliphatic carbocycles. The minimum Gasteiger partial charge on any atom is -0.480 e. The van der Waals surface area contributed by atoms with Gasteiger partial charge in [0.25, 0.3) is 5.56 Å². The van der Waals surface area contributed by atoms with Crippen LogP contribution in [0.15, 0.2) is 77.9 Å². The first kappa shape index (κ1) is 22.8. The molecular formula is C24H27N5O3. The summed E-state index contributed by atoms with van der Waals surface area (Å²) in [6, 6.07) is 18.1. The third-order valence-corrected chi connectivity index (χ3v) is 4.54. The molecular weight excluding hydrogens is 406 g/mol. The summed E-state index contributed by atoms with van der Waals surface area (Å²) in [6.07, 6.45) is 0.249. The molecule has 2 aromatic carbocycles. The van der Waals surface area contributed by atoms with Crippen molar-refractivity contribution in [1.29, 1.82) is 0 Å². The van der Waals surface area contributed by atoms with Crippen molar-refractivity contribution in [2.24, 2.45) is 5.73 Å². The van der Waals surface area contributed by atoms with E-state index in [1.54, 1.807) is 12.1 Å². The van der Waals surface area contributed by atoms with Gasteiger partial charge in [-0.05, 0) is 49.4 Å². The lowest BCUT2D eigenvalue weighted by Gasteiger charge is -2.12. The Morgan fingerprint density at radius 3 is 2.59 bits per heavy atom. The zero-order valence-electron chi connectivity index (χ0n) is 18.0. The number of hydrogen-bond donors (Lipinski definition) is 3. The Morgan fingerprint density at radius 2 is 1.84 bits per heavy atom. The lowest BCUT2D eigenvalue weighted by molar-refractivity contribution is -0.116. The Morgan fingerprint density at radius 1 is 1.09 bits per heavy atom. The van der Waals surface area contributed by atoms with Crippen molar-refractivity contribution in [3.8, 4) is 11.3 Å². The van der Waals surface area contributed by atoms with Gasteiger partial charge in [0.05, 0.1) is 18.8 Å². The summed E-state index contributed by atoms with van der Waals surface area (Å²) in [5.41, 5.74) is 8.98. The fourth-order valence-electron chi connectivity index (χ4n) is 3.12. The molecule has 0 unspecified atom stereocenters. The average Bonchev–Trinajstić information content (AvgIpc) is 2.76. The monoisotopic (exact) mass is 433 g/mol. The number of nitrogens with one attached hydrogen (secondary N) is 2. The number of benzene rings is 2. The van der Waals surface area contributed by atoms with Crippen LogP contribution >= 0.6 is 0 Å². The molecule has 0 aliphatic rings. The molecule has 32 heavy (non-hydrogen) atoms. The topological polar surface area (TPSA) is 111 Å². The zero-order valence-corrected chi connectivity index (χ0v) is 18.0. The van der Waals surface area contributed by atoms with E-state index in [0.29, 0.717) is 30.4 Å². The predicted octanol–water partition coefficient (Wildman–Crippen LogP) is 3.17. The van der Waals surface area contributed by atoms with E-state index in [2.05, 4.69) is 22.3 Å². The molecule has 0 radical (unpaired) electrons. The summed E-state index contributed by atoms with van der Waals surface area (Å²) in [4.78, 5) is 24.2. The van der Waals surface area contributed by atoms with Crippen molar-refractivity contribution >= 4 is 17.3 Å². The molecule has 8 nitrogen and oxygen atoms in total. The quantitative estimate of drug-likeness (QED) is 0.424. The first-order chi connectivity index (χ1) is 15.5. The van der Waals surface area contributed by atoms with Crippen molar-refractivity contribution in [3.63, 3.8) is 0 Å². The van der Waals surface area contributed by atoms with Gasteiger partial charge in [0.15, 0.2) is 5.88 Å². The minimum atomic E-state index is -0.210. The van der Waals surface area contributed by atoms with Crippen molar-refractivity contribution in [2.75, 3.05) is 23.8 Å². The summed E-state index contributed by atoms with van der Waals surface area (Å²) >= 11 is 0. The van der Waals surface area contributed by atoms with E-state index < -0.39 is 0 Å². The summed E-state index contributed by atoms with van der Waals surface area (Å²) in [5, 5.41) is 10.4. The molecule has 0 atom stereocenters. The number of anilines is 2. The molecule has 0 spiro atoms. The Balaban J connectivity index is 1.81. The maximum absolute atomic E-state index is 12.4. The Hall–Kier alpha value is -3.91. The smallest absolute Gasteiger partial charge is 0.267 e. The van der Waals surface area contributed by atoms with Crippen LogP contribution < -0.4 is 21.9 Å². The van der Waals surface area contributed by atoms with Gasteiger partial charge in [-0.15, -0.1) is 0 Å². The molecule has 0 fully saturated rings. The second kappa shape index (κ2) is 10.9. The first-order valence-electron chi connectivity index (χ1n) is 10.3. The van der Waals surface area contributed by atoms with Gasteiger partial charge in [0.1, 0.15) is 0 Å². The molecule has 0 saturated heterocycles. The van der Waals surface area contributed by atoms with E-state index >= 15 is 0 Å². The SMILES string of the molecule is C=C(Nc1cccc(Cn2nc(-c3cccc(NC(=O)CCN)c3)ccc2=O)c1)OCC. The molecule has 1 heterocycles. The van der Waals surface area contributed by atoms with Gasteiger partial charge in [-0.1, -0.05) is 24.3 Å². The highest BCUT2D eigenvalue weighted by atomic mass is 16.5. The molecule has 166 valence electrons. The Kier molecular flexibility index (Phi) is 7.77. The predicted molar refractivity (Wildman–Crippen MR) is 126 cm³/mol. The van der Waals surface area contributed by atoms with Crippen LogP contribution in [0, 0.1) is 0 Å². The lowest BCUT2D eigenvalue weighted by atomic mass is 10.1. The number of amides is 1. The highest BCUT2D eigenvalue weighted by molar-refractivity contribution is 5.91. The first-order valence-corrected chi connectivity index (χ1v) is 10.3. The third kappa shape index (κ3) is 6.29. The summed E-state index contributed by atoms with van der Waals surface area (Å²) in [6.45, 7) is 6.81. The van der Waals surface area contributed by atoms with Crippen LogP contribution in [0.25, 0.3) is 11.3 Å². The summed E-state index contributed by atoms with van der Waals surface area (Å²) < 4.78 is 6.74. The van der Waals surface area contributed by atoms with Crippen LogP contribution in [-0.4, -0.2) is 28.8 Å². The fourth-order valence-corrected chi connectivity index (χ4v) is 3.12. The maximum atomic E-state index is 12.4. The van der Waals surface area contributed by atoms with Gasteiger partial charge in [0.2, 0.25) is 5.91 Å². The van der Waals surface area contributed by atoms with Gasteiger partial charge in [0, 0.05) is 36.0 Å². The van der Waals surface area contributed by atoms with Crippen LogP contribution in [-0.2, 0) is 16.1 Å². The number of rotatable bonds is 10. The molecule has 3 rings (SSSR count). The van der Waals surface area contributed by atoms with Crippen LogP contribution in [0.5, 0.6) is 0 Å². The molecule has 1 aromatic heterocycles. The van der Waals surface area contributed by atoms with Gasteiger partial charge >= 0.3 is 0 Å². The molecule has 0 bridgehead atoms. The number of hydrogen-bond acceptors (Lipinski definition) is 6. The Bertz CT molecular complexity index is 1160. The van der Waals surface area contributed by atoms with E-state index in [1.165, 1.54) is 10.7 Å². The van der Waals surface area contributed by atoms with E-state index in [1.807, 2.05) is 49.4 Å². The van der Waals surface area contributed by atoms with Crippen LogP contribution in [0.4, 0.5) is 11.4 Å². The zero-order chi connectivity index (χ0) is 22.9. The lowest BCUT2D eigenvalue weighted by Crippen LogP contribution is -2.23. The molecule has 0 saturated carbocycles. The number of aromatic nitrogens is 2. The van der Waals surface area contributed by atoms with Gasteiger partial charge in [-0.2, -0.15) is 5.10 Å². The number of nitrogens with zero attached hydrogens (tertiary/aromatic N) is 2. The fraction of sp³-hybridized carbons (Fsp3) is 0.208. The maximum Gasteiger partial charge on any atom is 0.267 e. The molecule has 8 heteroatoms. The third-order valence-electron chi connectivity index (χ3n) is 4.54. The average molecular weight is 434 g/mol. The van der Waals surface area contributed by atoms with Crippen molar-refractivity contribution in [3.05, 3.63) is 89.0 Å². The number of carbonyl (C=O) groups excluding carboxylic acids is 1. The highest BCUT2D eigenvalue weighted by Crippen LogP contribution is 2.20. The van der Waals surface area contributed by atoms with E-state index in [9.17, 15) is 9.59 Å². The largest absolute Gasteiger partial charge is 0.480 e. The van der Waals surface area contributed by atoms with E-state index in [4.69, 9.17) is 10.5 Å². The second-order valence-corrected chi connectivity index (χ2v) is 7.06. The van der Waals surface area contributed by atoms with Crippen LogP contribution in [0.1, 0.15) is 18.9 Å². The Labute approximate surface area is 186 Å². The summed E-state index contributed by atoms with van der Waals surface area (Å²) in [5.74, 6) is 0.309. The van der Waals surface area contributed by atoms with Crippen molar-refractivity contribution in [2.45, 2.75) is 19.9 Å². The van der Waals surface area contributed by atoms with Crippen LogP contribution in [0.2, 0.25) is 0 Å².